The Kier molecular flexibility index (Phi) is 28.3. The standard InChI is InChI=1S/C35H42O7.C18H26O2.C11H22O4Si/c1-26(2)33(42-39)29-16-12-27(13-17-29)28-14-18-31(19-15-28)35(38)41-25-11-9-7-5-3-4-6-8-10-24-40-32-22-20-30(21-23-32)34(36)37;1-2-3-4-5-14-6-8-15(9-7-14)16-10-12-17(13-11-16)18(19)20;1-12-16(13-2,14-3)7-6-9-4-5-10-11(8-9)15-10/h12-23,33,39H,1,3-11,24-25H2,2H3,(H,36,37);10-15H,2-9H2,1H3,(H,19,20);9-11H,4-8H2,1-3H3. The van der Waals surface area contributed by atoms with Gasteiger partial charge in [0.2, 0.25) is 0 Å². The molecule has 7 rings (SSSR count). The molecule has 4 aromatic carbocycles. The number of ether oxygens (including phenoxy) is 3. The fraction of sp³-hybridized carbons (Fsp3) is 0.547. The average Bonchev–Trinajstić information content (AvgIpc) is 4.26. The van der Waals surface area contributed by atoms with Gasteiger partial charge in [0.25, 0.3) is 0 Å². The lowest BCUT2D eigenvalue weighted by molar-refractivity contribution is -0.271. The molecule has 4 unspecified atom stereocenters. The molecule has 4 atom stereocenters. The van der Waals surface area contributed by atoms with E-state index in [1.54, 1.807) is 76.8 Å². The minimum Gasteiger partial charge on any atom is -0.494 e. The predicted octanol–water partition coefficient (Wildman–Crippen LogP) is 16.0. The first-order valence-corrected chi connectivity index (χ1v) is 30.7. The third-order valence-corrected chi connectivity index (χ3v) is 18.5. The van der Waals surface area contributed by atoms with Gasteiger partial charge in [-0.1, -0.05) is 133 Å². The number of carbonyl (C=O) groups is 3. The van der Waals surface area contributed by atoms with Crippen LogP contribution in [-0.4, -0.2) is 88.9 Å². The highest BCUT2D eigenvalue weighted by molar-refractivity contribution is 6.60. The van der Waals surface area contributed by atoms with Crippen molar-refractivity contribution in [2.45, 2.75) is 179 Å². The Balaban J connectivity index is 0.000000254. The van der Waals surface area contributed by atoms with E-state index in [0.29, 0.717) is 53.8 Å². The monoisotopic (exact) mass is 1090 g/mol. The van der Waals surface area contributed by atoms with Crippen LogP contribution in [0.5, 0.6) is 5.75 Å². The molecule has 2 aliphatic carbocycles. The quantitative estimate of drug-likeness (QED) is 0.00825. The number of aromatic carboxylic acids is 2. The van der Waals surface area contributed by atoms with Crippen LogP contribution in [0.15, 0.2) is 109 Å². The summed E-state index contributed by atoms with van der Waals surface area (Å²) in [6.45, 7) is 8.96. The summed E-state index contributed by atoms with van der Waals surface area (Å²) in [5.74, 6) is 0.957. The summed E-state index contributed by atoms with van der Waals surface area (Å²) in [6.07, 6.45) is 26.1. The maximum absolute atomic E-state index is 12.4. The summed E-state index contributed by atoms with van der Waals surface area (Å²) >= 11 is 0. The van der Waals surface area contributed by atoms with Gasteiger partial charge in [-0.05, 0) is 165 Å². The molecule has 1 saturated heterocycles. The van der Waals surface area contributed by atoms with Gasteiger partial charge >= 0.3 is 26.7 Å². The summed E-state index contributed by atoms with van der Waals surface area (Å²) in [4.78, 5) is 38.7. The zero-order valence-corrected chi connectivity index (χ0v) is 48.3. The van der Waals surface area contributed by atoms with Crippen molar-refractivity contribution >= 4 is 26.7 Å². The lowest BCUT2D eigenvalue weighted by Gasteiger charge is -2.29. The second-order valence-corrected chi connectivity index (χ2v) is 24.5. The number of rotatable bonds is 31. The van der Waals surface area contributed by atoms with Crippen LogP contribution in [-0.2, 0) is 27.6 Å². The molecule has 1 aliphatic heterocycles. The number of benzene rings is 4. The lowest BCUT2D eigenvalue weighted by atomic mass is 9.77. The van der Waals surface area contributed by atoms with Crippen molar-refractivity contribution in [3.63, 3.8) is 0 Å². The highest BCUT2D eigenvalue weighted by Gasteiger charge is 2.45. The van der Waals surface area contributed by atoms with Crippen LogP contribution in [0, 0.1) is 11.8 Å². The Morgan fingerprint density at radius 1 is 0.603 bits per heavy atom. The Labute approximate surface area is 466 Å². The first kappa shape index (κ1) is 63.6. The van der Waals surface area contributed by atoms with Crippen molar-refractivity contribution in [1.82, 2.24) is 0 Å². The zero-order valence-electron chi connectivity index (χ0n) is 47.3. The van der Waals surface area contributed by atoms with Crippen molar-refractivity contribution in [2.75, 3.05) is 34.5 Å². The van der Waals surface area contributed by atoms with Gasteiger partial charge in [-0.3, -0.25) is 5.26 Å². The number of fused-ring (bicyclic) bond motifs is 1. The van der Waals surface area contributed by atoms with Crippen LogP contribution < -0.4 is 4.74 Å². The Morgan fingerprint density at radius 2 is 1.12 bits per heavy atom. The van der Waals surface area contributed by atoms with E-state index in [2.05, 4.69) is 18.4 Å². The largest absolute Gasteiger partial charge is 0.500 e. The molecule has 4 aromatic rings. The molecular weight excluding hydrogens is 1000 g/mol. The number of unbranched alkanes of at least 4 members (excludes halogenated alkanes) is 10. The van der Waals surface area contributed by atoms with Crippen molar-refractivity contribution < 1.29 is 62.2 Å². The SMILES string of the molecule is C=C(C)C(OO)c1ccc(-c2ccc(C(=O)OCCCCCCCCCCCOc3ccc(C(=O)O)cc3)cc2)cc1.CCCCCC1CCC(c2ccc(C(=O)O)cc2)CC1.CO[Si](CCC1CCC2OC2C1)(OC)OC. The topological polar surface area (TPSA) is 180 Å². The average molecular weight is 1100 g/mol. The number of epoxide rings is 1. The number of esters is 1. The molecule has 428 valence electrons. The third kappa shape index (κ3) is 21.8. The molecule has 0 spiro atoms. The summed E-state index contributed by atoms with van der Waals surface area (Å²) in [6, 6.07) is 29.9. The first-order chi connectivity index (χ1) is 37.8. The van der Waals surface area contributed by atoms with Crippen LogP contribution in [0.1, 0.15) is 203 Å². The van der Waals surface area contributed by atoms with Crippen molar-refractivity contribution in [3.8, 4) is 16.9 Å². The van der Waals surface area contributed by atoms with Crippen LogP contribution in [0.2, 0.25) is 6.04 Å². The summed E-state index contributed by atoms with van der Waals surface area (Å²) in [5, 5.41) is 27.0. The van der Waals surface area contributed by atoms with Gasteiger partial charge < -0.3 is 37.7 Å². The number of carbonyl (C=O) groups excluding carboxylic acids is 1. The first-order valence-electron chi connectivity index (χ1n) is 28.8. The highest BCUT2D eigenvalue weighted by atomic mass is 28.4. The van der Waals surface area contributed by atoms with E-state index in [1.165, 1.54) is 102 Å². The summed E-state index contributed by atoms with van der Waals surface area (Å²) < 4.78 is 32.9. The molecule has 13 nitrogen and oxygen atoms in total. The molecule has 0 amide bonds. The van der Waals surface area contributed by atoms with E-state index in [4.69, 9.17) is 43.0 Å². The fourth-order valence-electron chi connectivity index (χ4n) is 10.7. The van der Waals surface area contributed by atoms with E-state index in [0.717, 1.165) is 73.1 Å². The van der Waals surface area contributed by atoms with Crippen LogP contribution >= 0.6 is 0 Å². The van der Waals surface area contributed by atoms with Gasteiger partial charge in [0, 0.05) is 27.4 Å². The molecule has 3 N–H and O–H groups in total. The zero-order chi connectivity index (χ0) is 56.1. The Hall–Kier alpha value is -5.19. The maximum atomic E-state index is 12.4. The molecule has 3 fully saturated rings. The smallest absolute Gasteiger partial charge is 0.494 e. The van der Waals surface area contributed by atoms with Crippen LogP contribution in [0.25, 0.3) is 11.1 Å². The molecule has 0 aromatic heterocycles. The van der Waals surface area contributed by atoms with E-state index in [-0.39, 0.29) is 11.5 Å². The van der Waals surface area contributed by atoms with Crippen molar-refractivity contribution in [3.05, 3.63) is 137 Å². The molecule has 0 radical (unpaired) electrons. The van der Waals surface area contributed by atoms with Gasteiger partial charge in [0.15, 0.2) is 0 Å². The van der Waals surface area contributed by atoms with Crippen molar-refractivity contribution in [1.29, 1.82) is 0 Å². The second-order valence-electron chi connectivity index (χ2n) is 21.4. The predicted molar refractivity (Wildman–Crippen MR) is 308 cm³/mol. The molecule has 14 heteroatoms. The van der Waals surface area contributed by atoms with Crippen molar-refractivity contribution in [2.24, 2.45) is 11.8 Å². The maximum Gasteiger partial charge on any atom is 0.500 e. The Morgan fingerprint density at radius 3 is 1.63 bits per heavy atom. The minimum absolute atomic E-state index is 0.263. The van der Waals surface area contributed by atoms with E-state index in [9.17, 15) is 14.4 Å². The van der Waals surface area contributed by atoms with Crippen LogP contribution in [0.3, 0.4) is 0 Å². The fourth-order valence-corrected chi connectivity index (χ4v) is 12.6. The molecule has 3 aliphatic rings. The second kappa shape index (κ2) is 34.7. The van der Waals surface area contributed by atoms with E-state index < -0.39 is 26.8 Å². The molecular formula is C64H90O13Si. The van der Waals surface area contributed by atoms with Gasteiger partial charge in [0.1, 0.15) is 11.9 Å². The molecule has 0 bridgehead atoms. The highest BCUT2D eigenvalue weighted by Crippen LogP contribution is 2.42. The number of carboxylic acid groups (broad SMARTS) is 2. The molecule has 78 heavy (non-hydrogen) atoms. The lowest BCUT2D eigenvalue weighted by Crippen LogP contribution is -2.43. The van der Waals surface area contributed by atoms with Gasteiger partial charge in [-0.25, -0.2) is 19.3 Å². The van der Waals surface area contributed by atoms with Gasteiger partial charge in [-0.15, -0.1) is 0 Å². The van der Waals surface area contributed by atoms with E-state index >= 15 is 0 Å². The Bertz CT molecular complexity index is 2330. The number of carboxylic acids is 2. The third-order valence-electron chi connectivity index (χ3n) is 15.7. The summed E-state index contributed by atoms with van der Waals surface area (Å²) in [7, 11) is 2.69. The van der Waals surface area contributed by atoms with E-state index in [1.807, 2.05) is 48.5 Å². The minimum atomic E-state index is -2.35. The number of hydrogen-bond acceptors (Lipinski definition) is 11. The normalized spacial score (nSPS) is 18.9. The molecule has 2 saturated carbocycles. The molecule has 1 heterocycles. The van der Waals surface area contributed by atoms with Crippen LogP contribution in [0.4, 0.5) is 0 Å². The van der Waals surface area contributed by atoms with Gasteiger partial charge in [0.05, 0.1) is 42.1 Å². The summed E-state index contributed by atoms with van der Waals surface area (Å²) in [5.41, 5.74) is 6.01. The van der Waals surface area contributed by atoms with Gasteiger partial charge in [-0.2, -0.15) is 0 Å². The number of hydrogen-bond donors (Lipinski definition) is 3.